The Morgan fingerprint density at radius 1 is 1.25 bits per heavy atom. The van der Waals surface area contributed by atoms with E-state index in [9.17, 15) is 9.18 Å². The Morgan fingerprint density at radius 2 is 2.11 bits per heavy atom. The van der Waals surface area contributed by atoms with Crippen LogP contribution in [0.4, 0.5) is 4.39 Å². The number of piperidine rings is 1. The van der Waals surface area contributed by atoms with Crippen molar-refractivity contribution in [1.29, 1.82) is 0 Å². The van der Waals surface area contributed by atoms with Crippen LogP contribution < -0.4 is 4.74 Å². The lowest BCUT2D eigenvalue weighted by atomic mass is 10.0. The van der Waals surface area contributed by atoms with Crippen LogP contribution in [-0.4, -0.2) is 37.5 Å². The lowest BCUT2D eigenvalue weighted by Crippen LogP contribution is -2.39. The zero-order valence-corrected chi connectivity index (χ0v) is 15.4. The number of hydrogen-bond acceptors (Lipinski definition) is 5. The van der Waals surface area contributed by atoms with Crippen LogP contribution in [0.5, 0.6) is 11.6 Å². The number of nitrogens with one attached hydrogen (secondary N) is 1. The number of carbonyl (C=O) groups is 1. The van der Waals surface area contributed by atoms with E-state index < -0.39 is 5.82 Å². The summed E-state index contributed by atoms with van der Waals surface area (Å²) in [6, 6.07) is 9.20. The number of nitrogens with zero attached hydrogens (tertiary/aromatic N) is 4. The van der Waals surface area contributed by atoms with Crippen molar-refractivity contribution >= 4 is 5.91 Å². The van der Waals surface area contributed by atoms with Gasteiger partial charge in [0, 0.05) is 24.5 Å². The number of amides is 1. The van der Waals surface area contributed by atoms with Crippen molar-refractivity contribution < 1.29 is 13.9 Å². The van der Waals surface area contributed by atoms with Gasteiger partial charge in [-0.3, -0.25) is 9.89 Å². The molecule has 1 amide bonds. The number of likely N-dealkylation sites (tertiary alicyclic amines) is 1. The van der Waals surface area contributed by atoms with Crippen LogP contribution in [0.15, 0.2) is 42.6 Å². The van der Waals surface area contributed by atoms with E-state index in [1.54, 1.807) is 41.4 Å². The highest BCUT2D eigenvalue weighted by atomic mass is 19.1. The predicted molar refractivity (Wildman–Crippen MR) is 99.5 cm³/mol. The van der Waals surface area contributed by atoms with Crippen LogP contribution in [0.2, 0.25) is 0 Å². The normalized spacial score (nSPS) is 16.8. The number of para-hydroxylation sites is 1. The molecule has 0 saturated carbocycles. The quantitative estimate of drug-likeness (QED) is 0.743. The predicted octanol–water partition coefficient (Wildman–Crippen LogP) is 3.81. The molecule has 8 heteroatoms. The van der Waals surface area contributed by atoms with Gasteiger partial charge in [0.05, 0.1) is 6.04 Å². The third-order valence-corrected chi connectivity index (χ3v) is 4.69. The summed E-state index contributed by atoms with van der Waals surface area (Å²) >= 11 is 0. The number of rotatable bonds is 4. The Morgan fingerprint density at radius 3 is 2.89 bits per heavy atom. The van der Waals surface area contributed by atoms with Gasteiger partial charge in [0.15, 0.2) is 17.4 Å². The number of aromatic nitrogens is 4. The van der Waals surface area contributed by atoms with Crippen molar-refractivity contribution in [2.24, 2.45) is 0 Å². The molecule has 0 unspecified atom stereocenters. The van der Waals surface area contributed by atoms with Crippen molar-refractivity contribution in [2.45, 2.75) is 32.2 Å². The summed E-state index contributed by atoms with van der Waals surface area (Å²) < 4.78 is 19.6. The van der Waals surface area contributed by atoms with E-state index in [0.29, 0.717) is 23.8 Å². The van der Waals surface area contributed by atoms with Crippen LogP contribution in [0.1, 0.15) is 47.3 Å². The fraction of sp³-hybridized carbons (Fsp3) is 0.300. The van der Waals surface area contributed by atoms with Gasteiger partial charge < -0.3 is 9.64 Å². The summed E-state index contributed by atoms with van der Waals surface area (Å²) in [6.07, 6.45) is 4.19. The first-order valence-electron chi connectivity index (χ1n) is 9.20. The molecule has 1 atom stereocenters. The maximum atomic E-state index is 13.9. The van der Waals surface area contributed by atoms with Crippen molar-refractivity contribution in [3.63, 3.8) is 0 Å². The van der Waals surface area contributed by atoms with Crippen molar-refractivity contribution in [3.8, 4) is 11.6 Å². The minimum absolute atomic E-state index is 0.0978. The van der Waals surface area contributed by atoms with E-state index in [0.717, 1.165) is 19.3 Å². The summed E-state index contributed by atoms with van der Waals surface area (Å²) in [5.41, 5.74) is 1.12. The molecule has 0 bridgehead atoms. The molecule has 2 aromatic heterocycles. The van der Waals surface area contributed by atoms with Gasteiger partial charge in [-0.25, -0.2) is 9.37 Å². The molecular weight excluding hydrogens is 361 g/mol. The van der Waals surface area contributed by atoms with Gasteiger partial charge in [0.2, 0.25) is 5.88 Å². The molecule has 1 aromatic carbocycles. The molecule has 3 aromatic rings. The first-order valence-corrected chi connectivity index (χ1v) is 9.20. The van der Waals surface area contributed by atoms with E-state index in [1.807, 2.05) is 6.92 Å². The molecule has 0 aliphatic carbocycles. The van der Waals surface area contributed by atoms with Crippen molar-refractivity contribution in [2.75, 3.05) is 6.54 Å². The number of ether oxygens (including phenoxy) is 1. The molecule has 3 heterocycles. The van der Waals surface area contributed by atoms with E-state index >= 15 is 0 Å². The summed E-state index contributed by atoms with van der Waals surface area (Å²) in [6.45, 7) is 2.44. The Labute approximate surface area is 161 Å². The van der Waals surface area contributed by atoms with Crippen LogP contribution >= 0.6 is 0 Å². The molecule has 1 fully saturated rings. The highest BCUT2D eigenvalue weighted by Crippen LogP contribution is 2.32. The Bertz CT molecular complexity index is 976. The smallest absolute Gasteiger partial charge is 0.272 e. The maximum absolute atomic E-state index is 13.9. The zero-order valence-electron chi connectivity index (χ0n) is 15.4. The summed E-state index contributed by atoms with van der Waals surface area (Å²) in [5, 5.41) is 6.58. The largest absolute Gasteiger partial charge is 0.436 e. The molecule has 28 heavy (non-hydrogen) atoms. The Hall–Kier alpha value is -3.29. The highest BCUT2D eigenvalue weighted by Gasteiger charge is 2.31. The summed E-state index contributed by atoms with van der Waals surface area (Å²) in [4.78, 5) is 23.6. The van der Waals surface area contributed by atoms with Crippen molar-refractivity contribution in [3.05, 3.63) is 65.6 Å². The molecule has 144 valence electrons. The number of halogens is 1. The second-order valence-electron chi connectivity index (χ2n) is 6.72. The van der Waals surface area contributed by atoms with Gasteiger partial charge in [0.1, 0.15) is 5.69 Å². The van der Waals surface area contributed by atoms with E-state index in [4.69, 9.17) is 4.74 Å². The zero-order chi connectivity index (χ0) is 19.5. The van der Waals surface area contributed by atoms with Gasteiger partial charge in [-0.1, -0.05) is 12.1 Å². The van der Waals surface area contributed by atoms with Gasteiger partial charge >= 0.3 is 0 Å². The second kappa shape index (κ2) is 7.75. The monoisotopic (exact) mass is 381 g/mol. The number of aryl methyl sites for hydroxylation is 1. The number of carbonyl (C=O) groups excluding carboxylic acids is 1. The average molecular weight is 381 g/mol. The average Bonchev–Trinajstić information content (AvgIpc) is 3.24. The molecule has 7 nitrogen and oxygen atoms in total. The minimum Gasteiger partial charge on any atom is -0.436 e. The molecule has 1 saturated heterocycles. The fourth-order valence-electron chi connectivity index (χ4n) is 3.38. The summed E-state index contributed by atoms with van der Waals surface area (Å²) in [5.74, 6) is 0.254. The number of hydrogen-bond donors (Lipinski definition) is 1. The third-order valence-electron chi connectivity index (χ3n) is 4.69. The van der Waals surface area contributed by atoms with Crippen LogP contribution in [0.25, 0.3) is 0 Å². The first-order chi connectivity index (χ1) is 13.6. The second-order valence-corrected chi connectivity index (χ2v) is 6.72. The van der Waals surface area contributed by atoms with E-state index in [2.05, 4.69) is 20.2 Å². The van der Waals surface area contributed by atoms with Gasteiger partial charge in [-0.15, -0.1) is 0 Å². The fourth-order valence-corrected chi connectivity index (χ4v) is 3.38. The van der Waals surface area contributed by atoms with Crippen LogP contribution in [0.3, 0.4) is 0 Å². The molecule has 1 aliphatic rings. The minimum atomic E-state index is -0.464. The molecule has 1 N–H and O–H groups in total. The third kappa shape index (κ3) is 3.71. The number of aromatic amines is 1. The first kappa shape index (κ1) is 18.1. The Kier molecular flexibility index (Phi) is 5.01. The standard InChI is InChI=1S/C20H20FN5O2/c1-13-12-18(28-17-8-3-2-6-14(17)21)24-19(23-13)16-7-4-5-11-26(16)20(27)15-9-10-22-25-15/h2-3,6,8-10,12,16H,4-5,7,11H2,1H3,(H,22,25)/t16-/m0/s1. The maximum Gasteiger partial charge on any atom is 0.272 e. The van der Waals surface area contributed by atoms with Crippen LogP contribution in [-0.2, 0) is 0 Å². The van der Waals surface area contributed by atoms with E-state index in [-0.39, 0.29) is 23.6 Å². The molecule has 0 radical (unpaired) electrons. The lowest BCUT2D eigenvalue weighted by Gasteiger charge is -2.34. The lowest BCUT2D eigenvalue weighted by molar-refractivity contribution is 0.0592. The van der Waals surface area contributed by atoms with Gasteiger partial charge in [-0.2, -0.15) is 10.1 Å². The SMILES string of the molecule is Cc1cc(Oc2ccccc2F)nc([C@@H]2CCCCN2C(=O)c2ccn[nH]2)n1. The number of H-pyrrole nitrogens is 1. The van der Waals surface area contributed by atoms with Crippen molar-refractivity contribution in [1.82, 2.24) is 25.1 Å². The molecule has 4 rings (SSSR count). The molecule has 0 spiro atoms. The van der Waals surface area contributed by atoms with E-state index in [1.165, 1.54) is 6.07 Å². The molecule has 1 aliphatic heterocycles. The Balaban J connectivity index is 1.64. The van der Waals surface area contributed by atoms with Gasteiger partial charge in [0.25, 0.3) is 5.91 Å². The van der Waals surface area contributed by atoms with Gasteiger partial charge in [-0.05, 0) is 44.4 Å². The number of benzene rings is 1. The van der Waals surface area contributed by atoms with Crippen LogP contribution in [0, 0.1) is 12.7 Å². The summed E-state index contributed by atoms with van der Waals surface area (Å²) in [7, 11) is 0. The topological polar surface area (TPSA) is 84.0 Å². The highest BCUT2D eigenvalue weighted by molar-refractivity contribution is 5.92. The molecular formula is C20H20FN5O2.